The fourth-order valence-electron chi connectivity index (χ4n) is 3.83. The number of carbonyl (C=O) groups is 1. The van der Waals surface area contributed by atoms with E-state index in [1.54, 1.807) is 50.4 Å². The number of amides is 1. The van der Waals surface area contributed by atoms with Crippen LogP contribution < -0.4 is 10.1 Å². The predicted octanol–water partition coefficient (Wildman–Crippen LogP) is 2.76. The van der Waals surface area contributed by atoms with E-state index >= 15 is 0 Å². The Labute approximate surface area is 180 Å². The number of hydrogen-bond donors (Lipinski definition) is 1. The lowest BCUT2D eigenvalue weighted by molar-refractivity contribution is -0.115. The molecule has 0 aliphatic carbocycles. The smallest absolute Gasteiger partial charge is 0.272 e. The molecule has 2 aromatic rings. The van der Waals surface area contributed by atoms with Crippen molar-refractivity contribution < 1.29 is 17.9 Å². The number of aliphatic imine (C=N–C) groups is 1. The Morgan fingerprint density at radius 1 is 1.13 bits per heavy atom. The standard InChI is InChI=1S/C21H22ClN3O4S/c1-14-3-6-16(22)13-18(14)30(27,28)25-11-9-21(10-12-25)23-19(20(26)24-21)15-4-7-17(29-2)8-5-15/h3-8,13H,9-12H2,1-2H3,(H,24,26). The summed E-state index contributed by atoms with van der Waals surface area (Å²) >= 11 is 6.01. The Hall–Kier alpha value is -2.42. The molecule has 0 atom stereocenters. The molecule has 1 N–H and O–H groups in total. The summed E-state index contributed by atoms with van der Waals surface area (Å²) in [5.41, 5.74) is 0.935. The molecular formula is C21H22ClN3O4S. The van der Waals surface area contributed by atoms with Crippen molar-refractivity contribution in [1.29, 1.82) is 0 Å². The van der Waals surface area contributed by atoms with E-state index < -0.39 is 15.7 Å². The number of sulfonamides is 1. The molecule has 1 spiro atoms. The van der Waals surface area contributed by atoms with Crippen molar-refractivity contribution >= 4 is 33.2 Å². The summed E-state index contributed by atoms with van der Waals surface area (Å²) < 4.78 is 32.8. The van der Waals surface area contributed by atoms with Gasteiger partial charge in [-0.2, -0.15) is 4.31 Å². The molecule has 2 aliphatic heterocycles. The van der Waals surface area contributed by atoms with E-state index in [-0.39, 0.29) is 23.9 Å². The van der Waals surface area contributed by atoms with Crippen LogP contribution in [-0.4, -0.2) is 50.2 Å². The molecule has 158 valence electrons. The molecule has 1 saturated heterocycles. The van der Waals surface area contributed by atoms with Gasteiger partial charge in [-0.3, -0.25) is 9.79 Å². The third-order valence-corrected chi connectivity index (χ3v) is 7.84. The summed E-state index contributed by atoms with van der Waals surface area (Å²) in [5.74, 6) is 0.449. The molecule has 1 fully saturated rings. The minimum Gasteiger partial charge on any atom is -0.497 e. The number of methoxy groups -OCH3 is 1. The molecule has 0 saturated carbocycles. The van der Waals surface area contributed by atoms with Crippen LogP contribution in [0.25, 0.3) is 0 Å². The quantitative estimate of drug-likeness (QED) is 0.780. The van der Waals surface area contributed by atoms with Gasteiger partial charge in [0.2, 0.25) is 10.0 Å². The van der Waals surface area contributed by atoms with Crippen molar-refractivity contribution in [3.8, 4) is 5.75 Å². The monoisotopic (exact) mass is 447 g/mol. The van der Waals surface area contributed by atoms with Crippen LogP contribution in [0, 0.1) is 6.92 Å². The highest BCUT2D eigenvalue weighted by molar-refractivity contribution is 7.89. The van der Waals surface area contributed by atoms with Gasteiger partial charge >= 0.3 is 0 Å². The van der Waals surface area contributed by atoms with Crippen molar-refractivity contribution in [1.82, 2.24) is 9.62 Å². The van der Waals surface area contributed by atoms with Crippen molar-refractivity contribution in [2.45, 2.75) is 30.3 Å². The first kappa shape index (κ1) is 20.8. The first-order valence-electron chi connectivity index (χ1n) is 9.57. The van der Waals surface area contributed by atoms with Crippen molar-refractivity contribution in [3.63, 3.8) is 0 Å². The largest absolute Gasteiger partial charge is 0.497 e. The zero-order valence-electron chi connectivity index (χ0n) is 16.7. The summed E-state index contributed by atoms with van der Waals surface area (Å²) in [5, 5.41) is 3.34. The lowest BCUT2D eigenvalue weighted by Crippen LogP contribution is -2.52. The Morgan fingerprint density at radius 2 is 1.80 bits per heavy atom. The Kier molecular flexibility index (Phi) is 5.34. The molecule has 2 heterocycles. The van der Waals surface area contributed by atoms with Crippen molar-refractivity contribution in [2.75, 3.05) is 20.2 Å². The lowest BCUT2D eigenvalue weighted by atomic mass is 10.00. The Balaban J connectivity index is 1.54. The van der Waals surface area contributed by atoms with Gasteiger partial charge in [0, 0.05) is 36.5 Å². The molecule has 4 rings (SSSR count). The molecule has 0 aromatic heterocycles. The SMILES string of the molecule is COc1ccc(C2=NC3(CCN(S(=O)(=O)c4cc(Cl)ccc4C)CC3)NC2=O)cc1. The minimum atomic E-state index is -3.67. The first-order valence-corrected chi connectivity index (χ1v) is 11.4. The molecule has 0 bridgehead atoms. The maximum atomic E-state index is 13.1. The van der Waals surface area contributed by atoms with Crippen LogP contribution in [0.4, 0.5) is 0 Å². The van der Waals surface area contributed by atoms with Gasteiger partial charge in [-0.05, 0) is 48.9 Å². The average molecular weight is 448 g/mol. The van der Waals surface area contributed by atoms with Gasteiger partial charge in [-0.15, -0.1) is 0 Å². The third kappa shape index (κ3) is 3.71. The van der Waals surface area contributed by atoms with Gasteiger partial charge < -0.3 is 10.1 Å². The van der Waals surface area contributed by atoms with Gasteiger partial charge in [-0.25, -0.2) is 8.42 Å². The van der Waals surface area contributed by atoms with Gasteiger partial charge in [-0.1, -0.05) is 17.7 Å². The summed E-state index contributed by atoms with van der Waals surface area (Å²) in [4.78, 5) is 17.5. The van der Waals surface area contributed by atoms with Crippen LogP contribution in [0.3, 0.4) is 0 Å². The van der Waals surface area contributed by atoms with Crippen LogP contribution in [-0.2, 0) is 14.8 Å². The highest BCUT2D eigenvalue weighted by Gasteiger charge is 2.44. The maximum Gasteiger partial charge on any atom is 0.272 e. The number of piperidine rings is 1. The van der Waals surface area contributed by atoms with Gasteiger partial charge in [0.1, 0.15) is 17.1 Å². The number of aryl methyl sites for hydroxylation is 1. The number of ether oxygens (including phenoxy) is 1. The third-order valence-electron chi connectivity index (χ3n) is 5.57. The minimum absolute atomic E-state index is 0.212. The predicted molar refractivity (Wildman–Crippen MR) is 115 cm³/mol. The van der Waals surface area contributed by atoms with E-state index in [2.05, 4.69) is 10.3 Å². The van der Waals surface area contributed by atoms with Crippen LogP contribution in [0.15, 0.2) is 52.4 Å². The van der Waals surface area contributed by atoms with E-state index in [1.807, 2.05) is 0 Å². The second-order valence-electron chi connectivity index (χ2n) is 7.49. The van der Waals surface area contributed by atoms with E-state index in [0.717, 1.165) is 0 Å². The van der Waals surface area contributed by atoms with Gasteiger partial charge in [0.05, 0.1) is 12.0 Å². The van der Waals surface area contributed by atoms with E-state index in [4.69, 9.17) is 16.3 Å². The topological polar surface area (TPSA) is 88.1 Å². The van der Waals surface area contributed by atoms with E-state index in [0.29, 0.717) is 40.5 Å². The van der Waals surface area contributed by atoms with Crippen LogP contribution in [0.5, 0.6) is 5.75 Å². The fraction of sp³-hybridized carbons (Fsp3) is 0.333. The summed E-state index contributed by atoms with van der Waals surface area (Å²) in [7, 11) is -2.09. The number of rotatable bonds is 4. The Bertz CT molecular complexity index is 1120. The van der Waals surface area contributed by atoms with Crippen molar-refractivity contribution in [3.05, 3.63) is 58.6 Å². The lowest BCUT2D eigenvalue weighted by Gasteiger charge is -2.36. The van der Waals surface area contributed by atoms with Gasteiger partial charge in [0.15, 0.2) is 0 Å². The van der Waals surface area contributed by atoms with Crippen LogP contribution in [0.1, 0.15) is 24.0 Å². The molecule has 9 heteroatoms. The molecule has 30 heavy (non-hydrogen) atoms. The molecule has 2 aliphatic rings. The first-order chi connectivity index (χ1) is 14.2. The normalized spacial score (nSPS) is 18.9. The second kappa shape index (κ2) is 7.68. The highest BCUT2D eigenvalue weighted by atomic mass is 35.5. The number of hydrogen-bond acceptors (Lipinski definition) is 5. The zero-order valence-corrected chi connectivity index (χ0v) is 18.3. The van der Waals surface area contributed by atoms with Gasteiger partial charge in [0.25, 0.3) is 5.91 Å². The molecule has 2 aromatic carbocycles. The van der Waals surface area contributed by atoms with Crippen molar-refractivity contribution in [2.24, 2.45) is 4.99 Å². The second-order valence-corrected chi connectivity index (χ2v) is 9.83. The molecule has 0 radical (unpaired) electrons. The average Bonchev–Trinajstić information content (AvgIpc) is 3.05. The number of nitrogens with zero attached hydrogens (tertiary/aromatic N) is 2. The molecule has 1 amide bonds. The Morgan fingerprint density at radius 3 is 2.43 bits per heavy atom. The highest BCUT2D eigenvalue weighted by Crippen LogP contribution is 2.32. The summed E-state index contributed by atoms with van der Waals surface area (Å²) in [6.45, 7) is 2.26. The van der Waals surface area contributed by atoms with E-state index in [1.165, 1.54) is 10.4 Å². The molecule has 7 nitrogen and oxygen atoms in total. The maximum absolute atomic E-state index is 13.1. The summed E-state index contributed by atoms with van der Waals surface area (Å²) in [6.07, 6.45) is 0.800. The molecular weight excluding hydrogens is 426 g/mol. The van der Waals surface area contributed by atoms with Crippen LogP contribution in [0.2, 0.25) is 5.02 Å². The van der Waals surface area contributed by atoms with Crippen LogP contribution >= 0.6 is 11.6 Å². The number of benzene rings is 2. The summed E-state index contributed by atoms with van der Waals surface area (Å²) in [6, 6.07) is 12.0. The fourth-order valence-corrected chi connectivity index (χ4v) is 5.76. The number of halogens is 1. The molecule has 0 unspecified atom stereocenters. The number of carbonyl (C=O) groups excluding carboxylic acids is 1. The zero-order chi connectivity index (χ0) is 21.5. The number of nitrogens with one attached hydrogen (secondary N) is 1. The van der Waals surface area contributed by atoms with E-state index in [9.17, 15) is 13.2 Å².